The van der Waals surface area contributed by atoms with E-state index >= 15 is 0 Å². The van der Waals surface area contributed by atoms with Crippen LogP contribution in [0.4, 0.5) is 0 Å². The fourth-order valence-corrected chi connectivity index (χ4v) is 0.385. The van der Waals surface area contributed by atoms with Gasteiger partial charge in [-0.1, -0.05) is 0 Å². The first-order valence-electron chi connectivity index (χ1n) is 2.74. The molecule has 0 amide bonds. The molecular weight excluding hydrogens is 104 g/mol. The SMILES string of the molecule is C[N+](C)(C)CCNO. The van der Waals surface area contributed by atoms with Gasteiger partial charge in [0.25, 0.3) is 0 Å². The topological polar surface area (TPSA) is 32.3 Å². The molecule has 50 valence electrons. The highest BCUT2D eigenvalue weighted by atomic mass is 16.5. The third-order valence-corrected chi connectivity index (χ3v) is 0.894. The molecule has 0 saturated heterocycles. The van der Waals surface area contributed by atoms with Crippen molar-refractivity contribution in [1.29, 1.82) is 0 Å². The molecule has 3 nitrogen and oxygen atoms in total. The van der Waals surface area contributed by atoms with Crippen LogP contribution in [-0.2, 0) is 0 Å². The van der Waals surface area contributed by atoms with Gasteiger partial charge in [-0.3, -0.25) is 0 Å². The van der Waals surface area contributed by atoms with Crippen molar-refractivity contribution in [3.05, 3.63) is 0 Å². The van der Waals surface area contributed by atoms with Crippen LogP contribution in [0.3, 0.4) is 0 Å². The number of hydroxylamine groups is 1. The van der Waals surface area contributed by atoms with Crippen LogP contribution in [0.5, 0.6) is 0 Å². The lowest BCUT2D eigenvalue weighted by Crippen LogP contribution is -2.39. The molecule has 0 unspecified atom stereocenters. The maximum Gasteiger partial charge on any atom is 0.0930 e. The molecule has 0 rings (SSSR count). The van der Waals surface area contributed by atoms with E-state index in [1.165, 1.54) is 0 Å². The van der Waals surface area contributed by atoms with Gasteiger partial charge in [-0.15, -0.1) is 0 Å². The third kappa shape index (κ3) is 5.88. The smallest absolute Gasteiger partial charge is 0.0930 e. The Balaban J connectivity index is 3.11. The monoisotopic (exact) mass is 119 g/mol. The van der Waals surface area contributed by atoms with Crippen LogP contribution in [0.15, 0.2) is 0 Å². The molecule has 0 fully saturated rings. The summed E-state index contributed by atoms with van der Waals surface area (Å²) < 4.78 is 0.883. The van der Waals surface area contributed by atoms with Crippen molar-refractivity contribution < 1.29 is 9.69 Å². The van der Waals surface area contributed by atoms with Gasteiger partial charge < -0.3 is 9.69 Å². The first kappa shape index (κ1) is 7.88. The second kappa shape index (κ2) is 3.02. The van der Waals surface area contributed by atoms with E-state index in [0.29, 0.717) is 6.54 Å². The van der Waals surface area contributed by atoms with Crippen LogP contribution >= 0.6 is 0 Å². The number of hydrogen-bond acceptors (Lipinski definition) is 2. The zero-order valence-corrected chi connectivity index (χ0v) is 5.81. The highest BCUT2D eigenvalue weighted by molar-refractivity contribution is 4.28. The molecule has 0 bridgehead atoms. The van der Waals surface area contributed by atoms with Gasteiger partial charge in [0.05, 0.1) is 34.2 Å². The van der Waals surface area contributed by atoms with E-state index < -0.39 is 0 Å². The summed E-state index contributed by atoms with van der Waals surface area (Å²) in [5.74, 6) is 0. The molecule has 0 aromatic rings. The summed E-state index contributed by atoms with van der Waals surface area (Å²) in [6, 6.07) is 0. The average Bonchev–Trinajstić information content (AvgIpc) is 1.59. The second-order valence-corrected chi connectivity index (χ2v) is 2.92. The highest BCUT2D eigenvalue weighted by Crippen LogP contribution is 1.84. The van der Waals surface area contributed by atoms with Crippen LogP contribution in [0, 0.1) is 0 Å². The number of nitrogens with one attached hydrogen (secondary N) is 1. The normalized spacial score (nSPS) is 12.0. The Kier molecular flexibility index (Phi) is 2.97. The molecule has 0 radical (unpaired) electrons. The van der Waals surface area contributed by atoms with Gasteiger partial charge in [-0.05, 0) is 0 Å². The Bertz CT molecular complexity index is 57.9. The van der Waals surface area contributed by atoms with Gasteiger partial charge in [0.15, 0.2) is 0 Å². The minimum Gasteiger partial charge on any atom is -0.330 e. The fraction of sp³-hybridized carbons (Fsp3) is 1.00. The molecule has 0 saturated carbocycles. The van der Waals surface area contributed by atoms with Crippen molar-refractivity contribution >= 4 is 0 Å². The second-order valence-electron chi connectivity index (χ2n) is 2.92. The van der Waals surface area contributed by atoms with Crippen molar-refractivity contribution in [3.63, 3.8) is 0 Å². The average molecular weight is 119 g/mol. The van der Waals surface area contributed by atoms with Gasteiger partial charge in [0.1, 0.15) is 0 Å². The summed E-state index contributed by atoms with van der Waals surface area (Å²) in [7, 11) is 6.24. The molecule has 0 heterocycles. The van der Waals surface area contributed by atoms with Crippen LogP contribution in [0.2, 0.25) is 0 Å². The number of rotatable bonds is 3. The van der Waals surface area contributed by atoms with Crippen molar-refractivity contribution in [1.82, 2.24) is 5.48 Å². The maximum atomic E-state index is 8.17. The van der Waals surface area contributed by atoms with Crippen LogP contribution in [0.1, 0.15) is 0 Å². The van der Waals surface area contributed by atoms with Crippen LogP contribution in [-0.4, -0.2) is 43.9 Å². The van der Waals surface area contributed by atoms with E-state index in [9.17, 15) is 0 Å². The van der Waals surface area contributed by atoms with Gasteiger partial charge >= 0.3 is 0 Å². The lowest BCUT2D eigenvalue weighted by atomic mass is 10.5. The van der Waals surface area contributed by atoms with Crippen molar-refractivity contribution in [2.45, 2.75) is 0 Å². The number of quaternary nitrogens is 1. The first-order valence-corrected chi connectivity index (χ1v) is 2.74. The van der Waals surface area contributed by atoms with Crippen LogP contribution in [0.25, 0.3) is 0 Å². The van der Waals surface area contributed by atoms with Gasteiger partial charge in [0, 0.05) is 0 Å². The predicted molar refractivity (Wildman–Crippen MR) is 32.7 cm³/mol. The number of nitrogens with zero attached hydrogens (tertiary/aromatic N) is 1. The van der Waals surface area contributed by atoms with Gasteiger partial charge in [-0.2, -0.15) is 5.48 Å². The minimum absolute atomic E-state index is 0.656. The molecule has 0 aliphatic heterocycles. The molecule has 0 spiro atoms. The molecule has 0 aliphatic rings. The standard InChI is InChI=1S/C5H15N2O/c1-7(2,3)5-4-6-8/h6,8H,4-5H2,1-3H3/q+1. The summed E-state index contributed by atoms with van der Waals surface area (Å²) in [5.41, 5.74) is 2.11. The quantitative estimate of drug-likeness (QED) is 0.394. The largest absolute Gasteiger partial charge is 0.330 e. The lowest BCUT2D eigenvalue weighted by molar-refractivity contribution is -0.869. The lowest BCUT2D eigenvalue weighted by Gasteiger charge is -2.22. The molecule has 0 atom stereocenters. The van der Waals surface area contributed by atoms with E-state index in [0.717, 1.165) is 11.0 Å². The molecule has 0 aromatic carbocycles. The number of hydrogen-bond donors (Lipinski definition) is 2. The zero-order chi connectivity index (χ0) is 6.62. The van der Waals surface area contributed by atoms with Crippen molar-refractivity contribution in [2.24, 2.45) is 0 Å². The van der Waals surface area contributed by atoms with E-state index in [1.807, 2.05) is 0 Å². The van der Waals surface area contributed by atoms with Crippen molar-refractivity contribution in [3.8, 4) is 0 Å². The summed E-state index contributed by atoms with van der Waals surface area (Å²) in [6.45, 7) is 1.60. The van der Waals surface area contributed by atoms with Gasteiger partial charge in [0.2, 0.25) is 0 Å². The molecular formula is C5H15N2O+. The third-order valence-electron chi connectivity index (χ3n) is 0.894. The Morgan fingerprint density at radius 3 is 2.00 bits per heavy atom. The number of likely N-dealkylation sites (N-methyl/N-ethyl adjacent to an activating group) is 1. The Morgan fingerprint density at radius 1 is 1.38 bits per heavy atom. The Hall–Kier alpha value is -0.120. The molecule has 0 aromatic heterocycles. The predicted octanol–water partition coefficient (Wildman–Crippen LogP) is -0.329. The van der Waals surface area contributed by atoms with Gasteiger partial charge in [-0.25, -0.2) is 0 Å². The zero-order valence-electron chi connectivity index (χ0n) is 5.81. The summed E-state index contributed by atoms with van der Waals surface area (Å²) in [6.07, 6.45) is 0. The van der Waals surface area contributed by atoms with E-state index in [4.69, 9.17) is 5.21 Å². The first-order chi connectivity index (χ1) is 3.56. The Labute approximate surface area is 50.5 Å². The van der Waals surface area contributed by atoms with Crippen molar-refractivity contribution in [2.75, 3.05) is 34.2 Å². The van der Waals surface area contributed by atoms with E-state index in [1.54, 1.807) is 0 Å². The van der Waals surface area contributed by atoms with E-state index in [-0.39, 0.29) is 0 Å². The summed E-state index contributed by atoms with van der Waals surface area (Å²) >= 11 is 0. The molecule has 3 heteroatoms. The molecule has 8 heavy (non-hydrogen) atoms. The molecule has 2 N–H and O–H groups in total. The van der Waals surface area contributed by atoms with E-state index in [2.05, 4.69) is 26.6 Å². The highest BCUT2D eigenvalue weighted by Gasteiger charge is 2.03. The van der Waals surface area contributed by atoms with Crippen LogP contribution < -0.4 is 5.48 Å². The molecule has 0 aliphatic carbocycles. The Morgan fingerprint density at radius 2 is 1.88 bits per heavy atom. The maximum absolute atomic E-state index is 8.17. The summed E-state index contributed by atoms with van der Waals surface area (Å²) in [5, 5.41) is 8.17. The summed E-state index contributed by atoms with van der Waals surface area (Å²) in [4.78, 5) is 0. The fourth-order valence-electron chi connectivity index (χ4n) is 0.385. The minimum atomic E-state index is 0.656.